The lowest BCUT2D eigenvalue weighted by molar-refractivity contribution is -0.384. The Balaban J connectivity index is 2.52. The van der Waals surface area contributed by atoms with Gasteiger partial charge in [-0.05, 0) is 24.6 Å². The van der Waals surface area contributed by atoms with Crippen LogP contribution < -0.4 is 5.32 Å². The molecule has 0 aliphatic carbocycles. The van der Waals surface area contributed by atoms with Crippen LogP contribution in [0, 0.1) is 10.1 Å². The topological polar surface area (TPSA) is 102 Å². The summed E-state index contributed by atoms with van der Waals surface area (Å²) >= 11 is 5.92. The van der Waals surface area contributed by atoms with E-state index < -0.39 is 23.0 Å². The van der Waals surface area contributed by atoms with E-state index in [1.807, 2.05) is 0 Å². The van der Waals surface area contributed by atoms with Crippen molar-refractivity contribution in [2.24, 2.45) is 0 Å². The predicted molar refractivity (Wildman–Crippen MR) is 86.5 cm³/mol. The summed E-state index contributed by atoms with van der Waals surface area (Å²) in [5, 5.41) is 13.5. The molecule has 0 spiro atoms. The number of carbonyl (C=O) groups excluding carboxylic acids is 2. The highest BCUT2D eigenvalue weighted by molar-refractivity contribution is 6.20. The Bertz CT molecular complexity index is 702. The van der Waals surface area contributed by atoms with E-state index in [4.69, 9.17) is 16.3 Å². The maximum atomic E-state index is 12.4. The van der Waals surface area contributed by atoms with E-state index >= 15 is 0 Å². The molecule has 2 rings (SSSR count). The van der Waals surface area contributed by atoms with Crippen LogP contribution in [0.2, 0.25) is 0 Å². The van der Waals surface area contributed by atoms with Gasteiger partial charge in [-0.2, -0.15) is 0 Å². The third kappa shape index (κ3) is 3.33. The van der Waals surface area contributed by atoms with Crippen molar-refractivity contribution in [1.82, 2.24) is 10.2 Å². The molecule has 0 radical (unpaired) electrons. The SMILES string of the molecule is CCOC(=O)C1=C(CCl)N(C)C(=O)NC1c1ccc([N+](=O)[O-])cc1. The molecule has 1 atom stereocenters. The number of amides is 2. The molecule has 1 aromatic carbocycles. The Morgan fingerprint density at radius 1 is 1.42 bits per heavy atom. The van der Waals surface area contributed by atoms with Crippen LogP contribution in [0.15, 0.2) is 35.5 Å². The maximum Gasteiger partial charge on any atom is 0.338 e. The van der Waals surface area contributed by atoms with Gasteiger partial charge in [-0.25, -0.2) is 9.59 Å². The zero-order chi connectivity index (χ0) is 17.9. The number of rotatable bonds is 5. The molecule has 1 unspecified atom stereocenters. The van der Waals surface area contributed by atoms with Crippen molar-refractivity contribution < 1.29 is 19.2 Å². The molecule has 9 heteroatoms. The molecule has 1 N–H and O–H groups in total. The number of halogens is 1. The Morgan fingerprint density at radius 3 is 2.54 bits per heavy atom. The fraction of sp³-hybridized carbons (Fsp3) is 0.333. The van der Waals surface area contributed by atoms with Gasteiger partial charge in [0, 0.05) is 24.9 Å². The van der Waals surface area contributed by atoms with Gasteiger partial charge in [-0.15, -0.1) is 11.6 Å². The van der Waals surface area contributed by atoms with Gasteiger partial charge in [-0.1, -0.05) is 0 Å². The molecule has 128 valence electrons. The molecule has 24 heavy (non-hydrogen) atoms. The van der Waals surface area contributed by atoms with Gasteiger partial charge < -0.3 is 10.1 Å². The van der Waals surface area contributed by atoms with E-state index in [2.05, 4.69) is 5.32 Å². The van der Waals surface area contributed by atoms with E-state index in [-0.39, 0.29) is 23.7 Å². The summed E-state index contributed by atoms with van der Waals surface area (Å²) in [6.07, 6.45) is 0. The second kappa shape index (κ2) is 7.31. The van der Waals surface area contributed by atoms with Crippen molar-refractivity contribution in [2.75, 3.05) is 19.5 Å². The van der Waals surface area contributed by atoms with E-state index in [0.29, 0.717) is 11.3 Å². The van der Waals surface area contributed by atoms with Crippen molar-refractivity contribution in [3.8, 4) is 0 Å². The lowest BCUT2D eigenvalue weighted by Gasteiger charge is -2.33. The number of ether oxygens (including phenoxy) is 1. The van der Waals surface area contributed by atoms with Crippen molar-refractivity contribution >= 4 is 29.3 Å². The third-order valence-corrected chi connectivity index (χ3v) is 3.89. The number of nitrogens with zero attached hydrogens (tertiary/aromatic N) is 2. The van der Waals surface area contributed by atoms with Gasteiger partial charge in [0.05, 0.1) is 29.0 Å². The Kier molecular flexibility index (Phi) is 5.40. The minimum atomic E-state index is -0.790. The van der Waals surface area contributed by atoms with Crippen LogP contribution in [-0.4, -0.2) is 41.4 Å². The number of nitrogens with one attached hydrogen (secondary N) is 1. The molecule has 0 saturated heterocycles. The second-order valence-corrected chi connectivity index (χ2v) is 5.27. The first-order valence-electron chi connectivity index (χ1n) is 7.15. The minimum absolute atomic E-state index is 0.0540. The molecule has 1 aliphatic heterocycles. The second-order valence-electron chi connectivity index (χ2n) is 5.00. The number of nitro groups is 1. The van der Waals surface area contributed by atoms with Crippen LogP contribution in [0.1, 0.15) is 18.5 Å². The number of hydrogen-bond donors (Lipinski definition) is 1. The van der Waals surface area contributed by atoms with Crippen LogP contribution in [0.3, 0.4) is 0 Å². The Labute approximate surface area is 143 Å². The molecule has 1 aliphatic rings. The van der Waals surface area contributed by atoms with Crippen LogP contribution in [0.4, 0.5) is 10.5 Å². The number of carbonyl (C=O) groups is 2. The van der Waals surface area contributed by atoms with E-state index in [0.717, 1.165) is 0 Å². The number of esters is 1. The lowest BCUT2D eigenvalue weighted by Crippen LogP contribution is -2.47. The zero-order valence-corrected chi connectivity index (χ0v) is 13.9. The summed E-state index contributed by atoms with van der Waals surface area (Å²) in [6.45, 7) is 1.84. The van der Waals surface area contributed by atoms with Gasteiger partial charge in [-0.3, -0.25) is 15.0 Å². The molecule has 1 heterocycles. The third-order valence-electron chi connectivity index (χ3n) is 3.64. The van der Waals surface area contributed by atoms with Crippen LogP contribution in [0.25, 0.3) is 0 Å². The Hall–Kier alpha value is -2.61. The maximum absolute atomic E-state index is 12.4. The summed E-state index contributed by atoms with van der Waals surface area (Å²) in [4.78, 5) is 36.0. The van der Waals surface area contributed by atoms with Gasteiger partial charge in [0.2, 0.25) is 0 Å². The van der Waals surface area contributed by atoms with Gasteiger partial charge in [0.15, 0.2) is 0 Å². The zero-order valence-electron chi connectivity index (χ0n) is 13.1. The lowest BCUT2D eigenvalue weighted by atomic mass is 9.95. The first-order chi connectivity index (χ1) is 11.4. The number of urea groups is 1. The van der Waals surface area contributed by atoms with Crippen LogP contribution in [-0.2, 0) is 9.53 Å². The molecule has 8 nitrogen and oxygen atoms in total. The summed E-state index contributed by atoms with van der Waals surface area (Å²) in [5.41, 5.74) is 0.981. The summed E-state index contributed by atoms with van der Waals surface area (Å²) in [6, 6.07) is 4.37. The molecule has 0 saturated carbocycles. The smallest absolute Gasteiger partial charge is 0.338 e. The number of alkyl halides is 1. The number of non-ortho nitro benzene ring substituents is 1. The van der Waals surface area contributed by atoms with Crippen LogP contribution in [0.5, 0.6) is 0 Å². The molecule has 0 aromatic heterocycles. The first kappa shape index (κ1) is 17.7. The molecule has 2 amide bonds. The van der Waals surface area contributed by atoms with Crippen LogP contribution >= 0.6 is 11.6 Å². The van der Waals surface area contributed by atoms with E-state index in [9.17, 15) is 19.7 Å². The number of nitro benzene ring substituents is 1. The summed E-state index contributed by atoms with van der Waals surface area (Å²) in [5.74, 6) is -0.648. The summed E-state index contributed by atoms with van der Waals surface area (Å²) < 4.78 is 5.07. The minimum Gasteiger partial charge on any atom is -0.463 e. The molecular formula is C15H16ClN3O5. The number of hydrogen-bond acceptors (Lipinski definition) is 5. The first-order valence-corrected chi connectivity index (χ1v) is 7.68. The normalized spacial score (nSPS) is 17.5. The monoisotopic (exact) mass is 353 g/mol. The quantitative estimate of drug-likeness (QED) is 0.379. The molecule has 0 fully saturated rings. The highest BCUT2D eigenvalue weighted by atomic mass is 35.5. The van der Waals surface area contributed by atoms with Crippen molar-refractivity contribution in [3.63, 3.8) is 0 Å². The van der Waals surface area contributed by atoms with Gasteiger partial charge in [0.25, 0.3) is 5.69 Å². The molecular weight excluding hydrogens is 338 g/mol. The highest BCUT2D eigenvalue weighted by Gasteiger charge is 2.36. The largest absolute Gasteiger partial charge is 0.463 e. The molecule has 1 aromatic rings. The fourth-order valence-electron chi connectivity index (χ4n) is 2.41. The highest BCUT2D eigenvalue weighted by Crippen LogP contribution is 2.32. The average molecular weight is 354 g/mol. The predicted octanol–water partition coefficient (Wildman–Crippen LogP) is 2.35. The van der Waals surface area contributed by atoms with Crippen molar-refractivity contribution in [1.29, 1.82) is 0 Å². The van der Waals surface area contributed by atoms with Gasteiger partial charge in [0.1, 0.15) is 0 Å². The van der Waals surface area contributed by atoms with Crippen molar-refractivity contribution in [2.45, 2.75) is 13.0 Å². The van der Waals surface area contributed by atoms with Gasteiger partial charge >= 0.3 is 12.0 Å². The van der Waals surface area contributed by atoms with E-state index in [1.165, 1.54) is 36.2 Å². The molecule has 0 bridgehead atoms. The average Bonchev–Trinajstić information content (AvgIpc) is 2.57. The van der Waals surface area contributed by atoms with E-state index in [1.54, 1.807) is 6.92 Å². The number of allylic oxidation sites excluding steroid dienone is 1. The Morgan fingerprint density at radius 2 is 2.04 bits per heavy atom. The van der Waals surface area contributed by atoms with Crippen molar-refractivity contribution in [3.05, 3.63) is 51.2 Å². The number of benzene rings is 1. The standard InChI is InChI=1S/C15H16ClN3O5/c1-3-24-14(20)12-11(8-16)18(2)15(21)17-13(12)9-4-6-10(7-5-9)19(22)23/h4-7,13H,3,8H2,1-2H3,(H,17,21). The fourth-order valence-corrected chi connectivity index (χ4v) is 2.73. The summed E-state index contributed by atoms with van der Waals surface area (Å²) in [7, 11) is 1.50.